The topological polar surface area (TPSA) is 64.7 Å². The fourth-order valence-corrected chi connectivity index (χ4v) is 2.42. The van der Waals surface area contributed by atoms with Crippen LogP contribution >= 0.6 is 11.6 Å². The quantitative estimate of drug-likeness (QED) is 0.782. The summed E-state index contributed by atoms with van der Waals surface area (Å²) in [6, 6.07) is 10.0. The fourth-order valence-electron chi connectivity index (χ4n) is 2.27. The molecule has 3 aromatic rings. The van der Waals surface area contributed by atoms with Crippen molar-refractivity contribution in [2.24, 2.45) is 0 Å². The maximum Gasteiger partial charge on any atom is 0.247 e. The third kappa shape index (κ3) is 4.20. The third-order valence-corrected chi connectivity index (χ3v) is 3.44. The van der Waals surface area contributed by atoms with E-state index in [0.29, 0.717) is 17.4 Å². The van der Waals surface area contributed by atoms with Crippen molar-refractivity contribution >= 4 is 23.3 Å². The highest BCUT2D eigenvalue weighted by molar-refractivity contribution is 6.30. The predicted octanol–water partition coefficient (Wildman–Crippen LogP) is 2.73. The molecule has 2 aromatic heterocycles. The van der Waals surface area contributed by atoms with Gasteiger partial charge in [-0.25, -0.2) is 0 Å². The summed E-state index contributed by atoms with van der Waals surface area (Å²) in [4.78, 5) is 11.9. The molecule has 6 nitrogen and oxygen atoms in total. The summed E-state index contributed by atoms with van der Waals surface area (Å²) in [5, 5.41) is 11.6. The Morgan fingerprint density at radius 2 is 2.17 bits per heavy atom. The van der Waals surface area contributed by atoms with Gasteiger partial charge in [-0.1, -0.05) is 41.4 Å². The number of rotatable bonds is 5. The molecule has 0 radical (unpaired) electrons. The Morgan fingerprint density at radius 3 is 2.91 bits per heavy atom. The number of hydrogen-bond donors (Lipinski definition) is 1. The maximum atomic E-state index is 11.9. The van der Waals surface area contributed by atoms with Crippen molar-refractivity contribution in [3.8, 4) is 0 Å². The molecule has 23 heavy (non-hydrogen) atoms. The van der Waals surface area contributed by atoms with Crippen LogP contribution in [0.1, 0.15) is 11.1 Å². The number of anilines is 1. The Hall–Kier alpha value is -2.60. The zero-order chi connectivity index (χ0) is 16.2. The summed E-state index contributed by atoms with van der Waals surface area (Å²) in [6.07, 6.45) is 4.92. The van der Waals surface area contributed by atoms with Crippen molar-refractivity contribution < 1.29 is 4.79 Å². The van der Waals surface area contributed by atoms with Gasteiger partial charge in [0, 0.05) is 18.5 Å². The summed E-state index contributed by atoms with van der Waals surface area (Å²) in [5.74, 6) is 0.312. The number of aryl methyl sites for hydroxylation is 1. The lowest BCUT2D eigenvalue weighted by Crippen LogP contribution is -2.19. The van der Waals surface area contributed by atoms with Crippen LogP contribution in [0.15, 0.2) is 48.9 Å². The zero-order valence-electron chi connectivity index (χ0n) is 12.6. The Kier molecular flexibility index (Phi) is 4.43. The van der Waals surface area contributed by atoms with E-state index in [9.17, 15) is 4.79 Å². The van der Waals surface area contributed by atoms with Gasteiger partial charge in [0.25, 0.3) is 0 Å². The molecule has 0 fully saturated rings. The lowest BCUT2D eigenvalue weighted by molar-refractivity contribution is -0.116. The first-order valence-corrected chi connectivity index (χ1v) is 7.53. The molecule has 7 heteroatoms. The average molecular weight is 330 g/mol. The molecule has 0 saturated heterocycles. The summed E-state index contributed by atoms with van der Waals surface area (Å²) < 4.78 is 3.26. The van der Waals surface area contributed by atoms with Gasteiger partial charge in [-0.05, 0) is 12.5 Å². The summed E-state index contributed by atoms with van der Waals surface area (Å²) in [7, 11) is 0. The number of amides is 1. The first-order chi connectivity index (χ1) is 11.1. The molecule has 0 saturated carbocycles. The van der Waals surface area contributed by atoms with Crippen LogP contribution in [0.4, 0.5) is 5.82 Å². The smallest absolute Gasteiger partial charge is 0.247 e. The lowest BCUT2D eigenvalue weighted by Gasteiger charge is -2.04. The van der Waals surface area contributed by atoms with Gasteiger partial charge in [0.15, 0.2) is 5.82 Å². The van der Waals surface area contributed by atoms with Crippen LogP contribution in [-0.2, 0) is 17.9 Å². The van der Waals surface area contributed by atoms with Gasteiger partial charge < -0.3 is 5.32 Å². The summed E-state index contributed by atoms with van der Waals surface area (Å²) in [5.41, 5.74) is 2.37. The average Bonchev–Trinajstić information content (AvgIpc) is 3.08. The first-order valence-electron chi connectivity index (χ1n) is 7.15. The SMILES string of the molecule is Cc1cccc(Cn2ccc(NC(=O)Cn3cc(Cl)cn3)n2)c1. The van der Waals surface area contributed by atoms with E-state index in [2.05, 4.69) is 34.6 Å². The minimum atomic E-state index is -0.203. The molecule has 0 bridgehead atoms. The molecule has 1 N–H and O–H groups in total. The van der Waals surface area contributed by atoms with E-state index in [4.69, 9.17) is 11.6 Å². The Morgan fingerprint density at radius 1 is 1.30 bits per heavy atom. The third-order valence-electron chi connectivity index (χ3n) is 3.24. The minimum absolute atomic E-state index is 0.0947. The molecule has 0 aliphatic rings. The van der Waals surface area contributed by atoms with Crippen LogP contribution in [0, 0.1) is 6.92 Å². The molecule has 118 valence electrons. The summed E-state index contributed by atoms with van der Waals surface area (Å²) in [6.45, 7) is 2.81. The van der Waals surface area contributed by atoms with Gasteiger partial charge in [0.05, 0.1) is 17.8 Å². The number of nitrogens with zero attached hydrogens (tertiary/aromatic N) is 4. The van der Waals surface area contributed by atoms with E-state index in [1.165, 1.54) is 16.4 Å². The van der Waals surface area contributed by atoms with Gasteiger partial charge in [0.1, 0.15) is 6.54 Å². The zero-order valence-corrected chi connectivity index (χ0v) is 13.4. The van der Waals surface area contributed by atoms with Crippen LogP contribution in [0.3, 0.4) is 0 Å². The molecule has 1 aromatic carbocycles. The van der Waals surface area contributed by atoms with Crippen molar-refractivity contribution in [2.45, 2.75) is 20.0 Å². The monoisotopic (exact) mass is 329 g/mol. The number of hydrogen-bond acceptors (Lipinski definition) is 3. The van der Waals surface area contributed by atoms with Crippen molar-refractivity contribution in [3.05, 3.63) is 65.1 Å². The van der Waals surface area contributed by atoms with E-state index >= 15 is 0 Å². The molecule has 0 spiro atoms. The standard InChI is InChI=1S/C16H16ClN5O/c1-12-3-2-4-13(7-12)9-21-6-5-15(20-21)19-16(23)11-22-10-14(17)8-18-22/h2-8,10H,9,11H2,1H3,(H,19,20,23). The Balaban J connectivity index is 1.59. The highest BCUT2D eigenvalue weighted by Gasteiger charge is 2.07. The highest BCUT2D eigenvalue weighted by atomic mass is 35.5. The number of benzene rings is 1. The van der Waals surface area contributed by atoms with Gasteiger partial charge in [-0.3, -0.25) is 14.2 Å². The van der Waals surface area contributed by atoms with E-state index in [1.807, 2.05) is 18.3 Å². The van der Waals surface area contributed by atoms with Crippen LogP contribution in [0.25, 0.3) is 0 Å². The van der Waals surface area contributed by atoms with E-state index in [0.717, 1.165) is 5.56 Å². The van der Waals surface area contributed by atoms with Gasteiger partial charge in [-0.15, -0.1) is 0 Å². The van der Waals surface area contributed by atoms with Gasteiger partial charge >= 0.3 is 0 Å². The highest BCUT2D eigenvalue weighted by Crippen LogP contribution is 2.09. The maximum absolute atomic E-state index is 11.9. The fraction of sp³-hybridized carbons (Fsp3) is 0.188. The first kappa shape index (κ1) is 15.3. The number of carbonyl (C=O) groups excluding carboxylic acids is 1. The Labute approximate surface area is 138 Å². The van der Waals surface area contributed by atoms with Crippen molar-refractivity contribution in [3.63, 3.8) is 0 Å². The molecule has 0 unspecified atom stereocenters. The number of aromatic nitrogens is 4. The molecular weight excluding hydrogens is 314 g/mol. The molecule has 1 amide bonds. The predicted molar refractivity (Wildman–Crippen MR) is 88.4 cm³/mol. The normalized spacial score (nSPS) is 10.7. The largest absolute Gasteiger partial charge is 0.308 e. The van der Waals surface area contributed by atoms with Crippen molar-refractivity contribution in [2.75, 3.05) is 5.32 Å². The molecular formula is C16H16ClN5O. The minimum Gasteiger partial charge on any atom is -0.308 e. The van der Waals surface area contributed by atoms with Gasteiger partial charge in [0.2, 0.25) is 5.91 Å². The molecule has 0 aliphatic carbocycles. The molecule has 2 heterocycles. The molecule has 0 aliphatic heterocycles. The van der Waals surface area contributed by atoms with Crippen LogP contribution in [0.5, 0.6) is 0 Å². The van der Waals surface area contributed by atoms with Crippen LogP contribution < -0.4 is 5.32 Å². The van der Waals surface area contributed by atoms with Gasteiger partial charge in [-0.2, -0.15) is 10.2 Å². The van der Waals surface area contributed by atoms with E-state index < -0.39 is 0 Å². The van der Waals surface area contributed by atoms with E-state index in [1.54, 1.807) is 16.9 Å². The number of nitrogens with one attached hydrogen (secondary N) is 1. The second-order valence-electron chi connectivity index (χ2n) is 5.29. The number of carbonyl (C=O) groups is 1. The lowest BCUT2D eigenvalue weighted by atomic mass is 10.1. The second-order valence-corrected chi connectivity index (χ2v) is 5.73. The molecule has 3 rings (SSSR count). The van der Waals surface area contributed by atoms with Crippen molar-refractivity contribution in [1.82, 2.24) is 19.6 Å². The Bertz CT molecular complexity index is 823. The van der Waals surface area contributed by atoms with E-state index in [-0.39, 0.29) is 12.5 Å². The second kappa shape index (κ2) is 6.66. The molecule has 0 atom stereocenters. The van der Waals surface area contributed by atoms with Crippen LogP contribution in [0.2, 0.25) is 5.02 Å². The summed E-state index contributed by atoms with van der Waals surface area (Å²) >= 11 is 5.76. The van der Waals surface area contributed by atoms with Crippen LogP contribution in [-0.4, -0.2) is 25.5 Å². The van der Waals surface area contributed by atoms with Crippen molar-refractivity contribution in [1.29, 1.82) is 0 Å². The number of halogens is 1.